The molecule has 1 N–H and O–H groups in total. The first kappa shape index (κ1) is 17.7. The van der Waals surface area contributed by atoms with Crippen molar-refractivity contribution >= 4 is 0 Å². The Morgan fingerprint density at radius 2 is 1.89 bits per heavy atom. The minimum absolute atomic E-state index is 0.523. The maximum Gasteiger partial charge on any atom is 0.123 e. The van der Waals surface area contributed by atoms with E-state index >= 15 is 0 Å². The molecule has 0 saturated heterocycles. The van der Waals surface area contributed by atoms with E-state index in [4.69, 9.17) is 4.74 Å². The molecule has 27 heavy (non-hydrogen) atoms. The number of nitrogens with zero attached hydrogens (tertiary/aromatic N) is 2. The molecule has 1 aliphatic heterocycles. The van der Waals surface area contributed by atoms with Crippen LogP contribution in [0.4, 0.5) is 0 Å². The largest absolute Gasteiger partial charge is 0.492 e. The lowest BCUT2D eigenvalue weighted by Crippen LogP contribution is -2.25. The summed E-state index contributed by atoms with van der Waals surface area (Å²) in [6.45, 7) is 3.09. The fraction of sp³-hybridized carbons (Fsp3) is 0.261. The van der Waals surface area contributed by atoms with Gasteiger partial charge in [0.2, 0.25) is 0 Å². The van der Waals surface area contributed by atoms with Crippen LogP contribution in [0.15, 0.2) is 72.9 Å². The SMILES string of the molecule is OC(Cc1ccccc1)c1ccc2c(c1)CN(Cc1ccccn1)CCO2. The molecule has 2 aromatic carbocycles. The zero-order valence-corrected chi connectivity index (χ0v) is 15.3. The number of benzene rings is 2. The van der Waals surface area contributed by atoms with Gasteiger partial charge in [-0.3, -0.25) is 9.88 Å². The smallest absolute Gasteiger partial charge is 0.123 e. The average molecular weight is 360 g/mol. The van der Waals surface area contributed by atoms with Gasteiger partial charge in [0.1, 0.15) is 12.4 Å². The predicted octanol–water partition coefficient (Wildman–Crippen LogP) is 3.75. The quantitative estimate of drug-likeness (QED) is 0.753. The van der Waals surface area contributed by atoms with Gasteiger partial charge in [0.05, 0.1) is 11.8 Å². The van der Waals surface area contributed by atoms with Crippen molar-refractivity contribution in [1.82, 2.24) is 9.88 Å². The Morgan fingerprint density at radius 1 is 1.04 bits per heavy atom. The summed E-state index contributed by atoms with van der Waals surface area (Å²) >= 11 is 0. The monoisotopic (exact) mass is 360 g/mol. The van der Waals surface area contributed by atoms with Gasteiger partial charge in [0, 0.05) is 37.8 Å². The molecule has 4 nitrogen and oxygen atoms in total. The molecule has 0 radical (unpaired) electrons. The highest BCUT2D eigenvalue weighted by Crippen LogP contribution is 2.28. The third-order valence-electron chi connectivity index (χ3n) is 4.91. The van der Waals surface area contributed by atoms with E-state index in [9.17, 15) is 5.11 Å². The summed E-state index contributed by atoms with van der Waals surface area (Å²) in [5, 5.41) is 10.7. The van der Waals surface area contributed by atoms with Crippen molar-refractivity contribution in [3.05, 3.63) is 95.3 Å². The maximum atomic E-state index is 10.7. The molecule has 0 saturated carbocycles. The highest BCUT2D eigenvalue weighted by Gasteiger charge is 2.18. The average Bonchev–Trinajstić information content (AvgIpc) is 2.90. The molecule has 1 aliphatic rings. The molecule has 1 aromatic heterocycles. The summed E-state index contributed by atoms with van der Waals surface area (Å²) in [6, 6.07) is 22.1. The van der Waals surface area contributed by atoms with E-state index in [2.05, 4.69) is 16.0 Å². The fourth-order valence-electron chi connectivity index (χ4n) is 3.49. The van der Waals surface area contributed by atoms with Crippen molar-refractivity contribution in [2.45, 2.75) is 25.6 Å². The Balaban J connectivity index is 1.50. The number of rotatable bonds is 5. The van der Waals surface area contributed by atoms with Crippen LogP contribution in [0.5, 0.6) is 5.75 Å². The number of aliphatic hydroxyl groups is 1. The van der Waals surface area contributed by atoms with Gasteiger partial charge < -0.3 is 9.84 Å². The van der Waals surface area contributed by atoms with Gasteiger partial charge in [0.25, 0.3) is 0 Å². The standard InChI is InChI=1S/C23H24N2O2/c26-22(14-18-6-2-1-3-7-18)19-9-10-23-20(15-19)16-25(12-13-27-23)17-21-8-4-5-11-24-21/h1-11,15,22,26H,12-14,16-17H2. The Bertz CT molecular complexity index is 868. The van der Waals surface area contributed by atoms with Gasteiger partial charge in [0.15, 0.2) is 0 Å². The predicted molar refractivity (Wildman–Crippen MR) is 105 cm³/mol. The van der Waals surface area contributed by atoms with Crippen LogP contribution in [0.25, 0.3) is 0 Å². The van der Waals surface area contributed by atoms with Crippen LogP contribution >= 0.6 is 0 Å². The zero-order valence-electron chi connectivity index (χ0n) is 15.3. The number of hydrogen-bond donors (Lipinski definition) is 1. The van der Waals surface area contributed by atoms with Crippen molar-refractivity contribution in [3.63, 3.8) is 0 Å². The van der Waals surface area contributed by atoms with Crippen molar-refractivity contribution < 1.29 is 9.84 Å². The fourth-order valence-corrected chi connectivity index (χ4v) is 3.49. The Labute approximate surface area is 160 Å². The second kappa shape index (κ2) is 8.33. The second-order valence-electron chi connectivity index (χ2n) is 6.95. The van der Waals surface area contributed by atoms with Crippen LogP contribution in [0.1, 0.15) is 28.5 Å². The second-order valence-corrected chi connectivity index (χ2v) is 6.95. The summed E-state index contributed by atoms with van der Waals surface area (Å²) in [6.07, 6.45) is 1.92. The molecular formula is C23H24N2O2. The minimum Gasteiger partial charge on any atom is -0.492 e. The number of aliphatic hydroxyl groups excluding tert-OH is 1. The first-order chi connectivity index (χ1) is 13.3. The van der Waals surface area contributed by atoms with Crippen LogP contribution < -0.4 is 4.74 Å². The lowest BCUT2D eigenvalue weighted by Gasteiger charge is -2.19. The van der Waals surface area contributed by atoms with Crippen LogP contribution in [0.2, 0.25) is 0 Å². The number of ether oxygens (including phenoxy) is 1. The van der Waals surface area contributed by atoms with E-state index in [1.807, 2.05) is 66.9 Å². The van der Waals surface area contributed by atoms with Crippen molar-refractivity contribution in [3.8, 4) is 5.75 Å². The minimum atomic E-state index is -0.523. The molecule has 0 spiro atoms. The lowest BCUT2D eigenvalue weighted by molar-refractivity contribution is 0.178. The van der Waals surface area contributed by atoms with Gasteiger partial charge in [-0.2, -0.15) is 0 Å². The Hall–Kier alpha value is -2.69. The molecule has 4 rings (SSSR count). The van der Waals surface area contributed by atoms with Gasteiger partial charge in [-0.25, -0.2) is 0 Å². The Kier molecular flexibility index (Phi) is 5.47. The van der Waals surface area contributed by atoms with Crippen molar-refractivity contribution in [2.24, 2.45) is 0 Å². The molecule has 1 unspecified atom stereocenters. The summed E-state index contributed by atoms with van der Waals surface area (Å²) < 4.78 is 5.93. The molecule has 138 valence electrons. The van der Waals surface area contributed by atoms with E-state index in [-0.39, 0.29) is 0 Å². The van der Waals surface area contributed by atoms with Gasteiger partial charge in [-0.05, 0) is 35.4 Å². The molecule has 2 heterocycles. The number of hydrogen-bond acceptors (Lipinski definition) is 4. The van der Waals surface area contributed by atoms with Crippen LogP contribution in [0, 0.1) is 0 Å². The molecule has 0 amide bonds. The van der Waals surface area contributed by atoms with E-state index in [1.54, 1.807) is 0 Å². The zero-order chi connectivity index (χ0) is 18.5. The van der Waals surface area contributed by atoms with Gasteiger partial charge >= 0.3 is 0 Å². The topological polar surface area (TPSA) is 45.6 Å². The first-order valence-electron chi connectivity index (χ1n) is 9.38. The third-order valence-corrected chi connectivity index (χ3v) is 4.91. The van der Waals surface area contributed by atoms with E-state index in [0.717, 1.165) is 47.8 Å². The van der Waals surface area contributed by atoms with Gasteiger partial charge in [-0.1, -0.05) is 42.5 Å². The molecule has 3 aromatic rings. The maximum absolute atomic E-state index is 10.7. The summed E-state index contributed by atoms with van der Waals surface area (Å²) in [7, 11) is 0. The van der Waals surface area contributed by atoms with Crippen molar-refractivity contribution in [2.75, 3.05) is 13.2 Å². The summed E-state index contributed by atoms with van der Waals surface area (Å²) in [4.78, 5) is 6.76. The van der Waals surface area contributed by atoms with E-state index < -0.39 is 6.10 Å². The molecule has 4 heteroatoms. The van der Waals surface area contributed by atoms with Crippen LogP contribution in [-0.4, -0.2) is 28.1 Å². The molecular weight excluding hydrogens is 336 g/mol. The lowest BCUT2D eigenvalue weighted by atomic mass is 9.99. The summed E-state index contributed by atoms with van der Waals surface area (Å²) in [5.74, 6) is 0.911. The Morgan fingerprint density at radius 3 is 2.70 bits per heavy atom. The molecule has 0 bridgehead atoms. The number of aromatic nitrogens is 1. The number of pyridine rings is 1. The van der Waals surface area contributed by atoms with E-state index in [1.165, 1.54) is 0 Å². The molecule has 0 fully saturated rings. The number of fused-ring (bicyclic) bond motifs is 1. The highest BCUT2D eigenvalue weighted by molar-refractivity contribution is 5.39. The van der Waals surface area contributed by atoms with Crippen LogP contribution in [-0.2, 0) is 19.5 Å². The van der Waals surface area contributed by atoms with Gasteiger partial charge in [-0.15, -0.1) is 0 Å². The highest BCUT2D eigenvalue weighted by atomic mass is 16.5. The van der Waals surface area contributed by atoms with Crippen LogP contribution in [0.3, 0.4) is 0 Å². The molecule has 0 aliphatic carbocycles. The third kappa shape index (κ3) is 4.54. The first-order valence-corrected chi connectivity index (χ1v) is 9.38. The summed E-state index contributed by atoms with van der Waals surface area (Å²) in [5.41, 5.74) is 4.24. The van der Waals surface area contributed by atoms with Crippen molar-refractivity contribution in [1.29, 1.82) is 0 Å². The molecule has 1 atom stereocenters. The normalized spacial score (nSPS) is 15.4. The van der Waals surface area contributed by atoms with E-state index in [0.29, 0.717) is 13.0 Å².